The Bertz CT molecular complexity index is 981. The molecular weight excluding hydrogens is 464 g/mol. The number of alkyl halides is 6. The molecule has 0 radical (unpaired) electrons. The summed E-state index contributed by atoms with van der Waals surface area (Å²) in [5.41, 5.74) is 1.66. The highest BCUT2D eigenvalue weighted by Gasteiger charge is 2.38. The topological polar surface area (TPSA) is 60.5 Å². The van der Waals surface area contributed by atoms with E-state index in [1.807, 2.05) is 4.90 Å². The van der Waals surface area contributed by atoms with Crippen molar-refractivity contribution in [3.8, 4) is 0 Å². The van der Waals surface area contributed by atoms with E-state index in [9.17, 15) is 31.1 Å². The van der Waals surface area contributed by atoms with Crippen LogP contribution in [0.2, 0.25) is 0 Å². The second-order valence-electron chi connectivity index (χ2n) is 8.42. The monoisotopic (exact) mass is 487 g/mol. The lowest BCUT2D eigenvalue weighted by molar-refractivity contribution is -0.143. The lowest BCUT2D eigenvalue weighted by Gasteiger charge is -2.41. The van der Waals surface area contributed by atoms with Crippen molar-refractivity contribution in [2.45, 2.75) is 37.3 Å². The van der Waals surface area contributed by atoms with Gasteiger partial charge in [0.1, 0.15) is 6.04 Å². The second kappa shape index (κ2) is 9.41. The van der Waals surface area contributed by atoms with Crippen LogP contribution in [0.5, 0.6) is 0 Å². The van der Waals surface area contributed by atoms with Gasteiger partial charge in [-0.1, -0.05) is 6.07 Å². The molecule has 2 aliphatic rings. The number of hydrazine groups is 1. The number of amides is 1. The number of aromatic nitrogens is 1. The third-order valence-electron chi connectivity index (χ3n) is 6.15. The average Bonchev–Trinajstić information content (AvgIpc) is 3.25. The molecule has 2 atom stereocenters. The van der Waals surface area contributed by atoms with Crippen molar-refractivity contribution in [1.29, 1.82) is 0 Å². The first-order chi connectivity index (χ1) is 16.0. The molecule has 3 heterocycles. The molecule has 2 N–H and O–H groups in total. The lowest BCUT2D eigenvalue weighted by atomic mass is 10.0. The number of halogens is 6. The molecule has 1 aromatic heterocycles. The Kier molecular flexibility index (Phi) is 6.72. The Balaban J connectivity index is 1.55. The van der Waals surface area contributed by atoms with Crippen molar-refractivity contribution < 1.29 is 31.1 Å². The number of carbonyl (C=O) groups is 1. The molecule has 6 nitrogen and oxygen atoms in total. The van der Waals surface area contributed by atoms with Gasteiger partial charge in [-0.2, -0.15) is 26.3 Å². The molecule has 2 aromatic rings. The van der Waals surface area contributed by atoms with Gasteiger partial charge in [0.05, 0.1) is 16.8 Å². The smallest absolute Gasteiger partial charge is 0.299 e. The van der Waals surface area contributed by atoms with Gasteiger partial charge in [0.25, 0.3) is 5.91 Å². The third-order valence-corrected chi connectivity index (χ3v) is 6.15. The molecule has 0 spiro atoms. The van der Waals surface area contributed by atoms with Crippen LogP contribution in [0.4, 0.5) is 32.0 Å². The zero-order chi connectivity index (χ0) is 24.5. The lowest BCUT2D eigenvalue weighted by Crippen LogP contribution is -2.54. The molecule has 12 heteroatoms. The third kappa shape index (κ3) is 5.44. The number of rotatable bonds is 5. The van der Waals surface area contributed by atoms with Crippen molar-refractivity contribution in [3.05, 3.63) is 59.4 Å². The summed E-state index contributed by atoms with van der Waals surface area (Å²) in [6.45, 7) is 2.98. The number of nitrogens with one attached hydrogen (secondary N) is 2. The molecule has 2 fully saturated rings. The fourth-order valence-electron chi connectivity index (χ4n) is 4.54. The number of anilines is 1. The molecule has 1 amide bonds. The normalized spacial score (nSPS) is 20.6. The van der Waals surface area contributed by atoms with Gasteiger partial charge in [0.15, 0.2) is 0 Å². The summed E-state index contributed by atoms with van der Waals surface area (Å²) < 4.78 is 78.8. The molecule has 4 rings (SSSR count). The zero-order valence-corrected chi connectivity index (χ0v) is 18.0. The van der Waals surface area contributed by atoms with Gasteiger partial charge in [0.2, 0.25) is 0 Å². The van der Waals surface area contributed by atoms with Crippen LogP contribution in [0, 0.1) is 0 Å². The molecule has 0 saturated carbocycles. The first kappa shape index (κ1) is 24.3. The maximum Gasteiger partial charge on any atom is 0.416 e. The summed E-state index contributed by atoms with van der Waals surface area (Å²) in [6.07, 6.45) is -4.83. The van der Waals surface area contributed by atoms with E-state index >= 15 is 0 Å². The largest absolute Gasteiger partial charge is 0.416 e. The highest BCUT2D eigenvalue weighted by molar-refractivity contribution is 5.84. The molecular formula is C22H23F6N5O. The van der Waals surface area contributed by atoms with Crippen molar-refractivity contribution in [2.75, 3.05) is 31.6 Å². The summed E-state index contributed by atoms with van der Waals surface area (Å²) in [7, 11) is 0. The molecule has 0 bridgehead atoms. The first-order valence-corrected chi connectivity index (χ1v) is 10.8. The fraction of sp³-hybridized carbons (Fsp3) is 0.455. The number of nitrogens with zero attached hydrogens (tertiary/aromatic N) is 3. The molecule has 2 aliphatic heterocycles. The number of carbonyl (C=O) groups excluding carboxylic acids is 1. The van der Waals surface area contributed by atoms with Gasteiger partial charge >= 0.3 is 12.4 Å². The van der Waals surface area contributed by atoms with E-state index in [4.69, 9.17) is 0 Å². The maximum atomic E-state index is 13.2. The Morgan fingerprint density at radius 3 is 2.35 bits per heavy atom. The van der Waals surface area contributed by atoms with Crippen LogP contribution >= 0.6 is 0 Å². The summed E-state index contributed by atoms with van der Waals surface area (Å²) in [4.78, 5) is 21.5. The van der Waals surface area contributed by atoms with E-state index < -0.39 is 41.1 Å². The van der Waals surface area contributed by atoms with Crippen LogP contribution in [0.25, 0.3) is 0 Å². The highest BCUT2D eigenvalue weighted by Crippen LogP contribution is 2.37. The molecule has 184 valence electrons. The Labute approximate surface area is 191 Å². The predicted molar refractivity (Wildman–Crippen MR) is 111 cm³/mol. The van der Waals surface area contributed by atoms with E-state index in [2.05, 4.69) is 20.7 Å². The molecule has 2 saturated heterocycles. The van der Waals surface area contributed by atoms with Gasteiger partial charge in [-0.05, 0) is 49.2 Å². The van der Waals surface area contributed by atoms with Crippen molar-refractivity contribution in [3.63, 3.8) is 0 Å². The van der Waals surface area contributed by atoms with E-state index in [0.717, 1.165) is 25.9 Å². The summed E-state index contributed by atoms with van der Waals surface area (Å²) in [6, 6.07) is 3.94. The quantitative estimate of drug-likeness (QED) is 0.492. The second-order valence-corrected chi connectivity index (χ2v) is 8.42. The number of piperazine rings is 1. The average molecular weight is 487 g/mol. The number of fused-ring (bicyclic) bond motifs is 1. The summed E-state index contributed by atoms with van der Waals surface area (Å²) >= 11 is 0. The van der Waals surface area contributed by atoms with Crippen LogP contribution in [0.1, 0.15) is 35.6 Å². The van der Waals surface area contributed by atoms with Crippen LogP contribution < -0.4 is 10.9 Å². The summed E-state index contributed by atoms with van der Waals surface area (Å²) in [5, 5.41) is 0. The fourth-order valence-corrected chi connectivity index (χ4v) is 4.54. The van der Waals surface area contributed by atoms with E-state index in [0.29, 0.717) is 36.8 Å². The van der Waals surface area contributed by atoms with Crippen molar-refractivity contribution >= 4 is 11.6 Å². The first-order valence-electron chi connectivity index (χ1n) is 10.8. The minimum absolute atomic E-state index is 0.0343. The highest BCUT2D eigenvalue weighted by atomic mass is 19.4. The minimum atomic E-state index is -4.99. The SMILES string of the molecule is O=C(NNc1cc(C(F)(F)F)cc(C(F)(F)F)c1)C(c1cccnc1)N1CCN2CCCC2C1. The Morgan fingerprint density at radius 2 is 1.74 bits per heavy atom. The maximum absolute atomic E-state index is 13.2. The minimum Gasteiger partial charge on any atom is -0.299 e. The van der Waals surface area contributed by atoms with E-state index in [1.54, 1.807) is 18.3 Å². The number of benzene rings is 1. The van der Waals surface area contributed by atoms with Gasteiger partial charge < -0.3 is 0 Å². The van der Waals surface area contributed by atoms with E-state index in [-0.39, 0.29) is 6.07 Å². The summed E-state index contributed by atoms with van der Waals surface area (Å²) in [5.74, 6) is -0.606. The van der Waals surface area contributed by atoms with Crippen LogP contribution in [-0.2, 0) is 17.1 Å². The zero-order valence-electron chi connectivity index (χ0n) is 18.0. The molecule has 34 heavy (non-hydrogen) atoms. The predicted octanol–water partition coefficient (Wildman–Crippen LogP) is 4.08. The molecule has 0 aliphatic carbocycles. The molecule has 1 aromatic carbocycles. The van der Waals surface area contributed by atoms with Gasteiger partial charge in [-0.25, -0.2) is 0 Å². The van der Waals surface area contributed by atoms with Crippen LogP contribution in [-0.4, -0.2) is 52.9 Å². The number of hydrogen-bond acceptors (Lipinski definition) is 5. The van der Waals surface area contributed by atoms with Crippen molar-refractivity contribution in [2.24, 2.45) is 0 Å². The van der Waals surface area contributed by atoms with Gasteiger partial charge in [0, 0.05) is 38.1 Å². The Morgan fingerprint density at radius 1 is 1.03 bits per heavy atom. The van der Waals surface area contributed by atoms with Gasteiger partial charge in [-0.3, -0.25) is 30.4 Å². The molecule has 2 unspecified atom stereocenters. The standard InChI is InChI=1S/C22H23F6N5O/c23-21(24,25)15-9-16(22(26,27)28)11-17(10-15)30-31-20(34)19(14-3-1-5-29-12-14)33-8-7-32-6-2-4-18(32)13-33/h1,3,5,9-12,18-19,30H,2,4,6-8,13H2,(H,31,34). The number of hydrogen-bond donors (Lipinski definition) is 2. The van der Waals surface area contributed by atoms with E-state index in [1.165, 1.54) is 6.20 Å². The number of pyridine rings is 1. The van der Waals surface area contributed by atoms with Gasteiger partial charge in [-0.15, -0.1) is 0 Å². The Hall–Kier alpha value is -2.86. The van der Waals surface area contributed by atoms with Crippen molar-refractivity contribution in [1.82, 2.24) is 20.2 Å². The van der Waals surface area contributed by atoms with Crippen LogP contribution in [0.3, 0.4) is 0 Å². The van der Waals surface area contributed by atoms with Crippen LogP contribution in [0.15, 0.2) is 42.7 Å².